The van der Waals surface area contributed by atoms with Crippen molar-refractivity contribution in [3.05, 3.63) is 59.0 Å². The van der Waals surface area contributed by atoms with Crippen LogP contribution in [0.15, 0.2) is 53.5 Å². The molecule has 5 nitrogen and oxygen atoms in total. The fourth-order valence-corrected chi connectivity index (χ4v) is 3.07. The van der Waals surface area contributed by atoms with Crippen molar-refractivity contribution in [1.82, 2.24) is 14.8 Å². The molecule has 0 spiro atoms. The number of fused-ring (bicyclic) bond motifs is 3. The van der Waals surface area contributed by atoms with E-state index in [1.165, 1.54) is 0 Å². The zero-order valence-electron chi connectivity index (χ0n) is 12.6. The van der Waals surface area contributed by atoms with Gasteiger partial charge < -0.3 is 9.67 Å². The number of rotatable bonds is 2. The van der Waals surface area contributed by atoms with Gasteiger partial charge in [-0.2, -0.15) is 5.10 Å². The summed E-state index contributed by atoms with van der Waals surface area (Å²) in [5.41, 5.74) is 3.14. The Morgan fingerprint density at radius 2 is 2.00 bits per heavy atom. The maximum atomic E-state index is 12.6. The van der Waals surface area contributed by atoms with Crippen molar-refractivity contribution in [3.8, 4) is 16.9 Å². The maximum absolute atomic E-state index is 12.6. The van der Waals surface area contributed by atoms with Crippen molar-refractivity contribution in [2.24, 2.45) is 0 Å². The molecule has 0 saturated heterocycles. The molecule has 114 valence electrons. The average molecular weight is 305 g/mol. The largest absolute Gasteiger partial charge is 0.507 e. The van der Waals surface area contributed by atoms with Crippen LogP contribution in [0.4, 0.5) is 0 Å². The van der Waals surface area contributed by atoms with Crippen LogP contribution in [0.5, 0.6) is 5.75 Å². The Hall–Kier alpha value is -3.08. The molecule has 2 aromatic carbocycles. The van der Waals surface area contributed by atoms with Crippen molar-refractivity contribution in [3.63, 3.8) is 0 Å². The number of aromatic hydroxyl groups is 1. The number of aromatic amines is 1. The molecule has 0 fully saturated rings. The van der Waals surface area contributed by atoms with Crippen LogP contribution in [0, 0.1) is 0 Å². The van der Waals surface area contributed by atoms with Crippen molar-refractivity contribution < 1.29 is 5.11 Å². The lowest BCUT2D eigenvalue weighted by Gasteiger charge is -2.11. The standard InChI is InChI=1S/C18H15N3O2/c1-2-21-15-9-11(12-5-3-4-6-16(12)22)7-8-13(15)17-14(18(21)23)10-19-20-17/h3-10,22H,2H2,1H3,(H,19,20). The van der Waals surface area contributed by atoms with E-state index in [0.29, 0.717) is 11.9 Å². The monoisotopic (exact) mass is 305 g/mol. The molecule has 0 atom stereocenters. The van der Waals surface area contributed by atoms with Crippen LogP contribution < -0.4 is 5.56 Å². The number of phenolic OH excluding ortho intramolecular Hbond substituents is 1. The molecule has 0 amide bonds. The topological polar surface area (TPSA) is 70.9 Å². The van der Waals surface area contributed by atoms with Gasteiger partial charge in [-0.15, -0.1) is 0 Å². The summed E-state index contributed by atoms with van der Waals surface area (Å²) in [6.07, 6.45) is 1.57. The highest BCUT2D eigenvalue weighted by molar-refractivity contribution is 6.04. The third-order valence-corrected chi connectivity index (χ3v) is 4.20. The smallest absolute Gasteiger partial charge is 0.262 e. The molecular formula is C18H15N3O2. The van der Waals surface area contributed by atoms with Gasteiger partial charge in [0.2, 0.25) is 0 Å². The van der Waals surface area contributed by atoms with Crippen LogP contribution in [0.3, 0.4) is 0 Å². The molecule has 0 saturated carbocycles. The third kappa shape index (κ3) is 1.93. The van der Waals surface area contributed by atoms with E-state index in [2.05, 4.69) is 10.2 Å². The SMILES string of the molecule is CCn1c(=O)c2cn[nH]c2c2ccc(-c3ccccc3O)cc21. The van der Waals surface area contributed by atoms with Gasteiger partial charge in [0, 0.05) is 17.5 Å². The van der Waals surface area contributed by atoms with Crippen LogP contribution in [0.2, 0.25) is 0 Å². The minimum absolute atomic E-state index is 0.0572. The van der Waals surface area contributed by atoms with Gasteiger partial charge in [-0.1, -0.05) is 30.3 Å². The van der Waals surface area contributed by atoms with Crippen LogP contribution in [-0.4, -0.2) is 19.9 Å². The minimum atomic E-state index is -0.0572. The lowest BCUT2D eigenvalue weighted by atomic mass is 10.0. The number of pyridine rings is 1. The number of hydrogen-bond donors (Lipinski definition) is 2. The van der Waals surface area contributed by atoms with Gasteiger partial charge in [-0.25, -0.2) is 0 Å². The maximum Gasteiger partial charge on any atom is 0.262 e. The molecule has 0 aliphatic carbocycles. The Bertz CT molecular complexity index is 1090. The van der Waals surface area contributed by atoms with E-state index in [4.69, 9.17) is 0 Å². The second-order valence-corrected chi connectivity index (χ2v) is 5.46. The van der Waals surface area contributed by atoms with Gasteiger partial charge in [0.25, 0.3) is 5.56 Å². The Labute approximate surface area is 131 Å². The molecule has 4 rings (SSSR count). The first-order chi connectivity index (χ1) is 11.2. The van der Waals surface area contributed by atoms with Gasteiger partial charge in [-0.3, -0.25) is 9.89 Å². The van der Waals surface area contributed by atoms with Crippen LogP contribution in [0.25, 0.3) is 32.9 Å². The van der Waals surface area contributed by atoms with E-state index >= 15 is 0 Å². The van der Waals surface area contributed by atoms with Gasteiger partial charge in [-0.05, 0) is 24.6 Å². The Kier molecular flexibility index (Phi) is 2.94. The summed E-state index contributed by atoms with van der Waals surface area (Å²) in [5.74, 6) is 0.222. The minimum Gasteiger partial charge on any atom is -0.507 e. The number of hydrogen-bond acceptors (Lipinski definition) is 3. The average Bonchev–Trinajstić information content (AvgIpc) is 3.05. The predicted octanol–water partition coefficient (Wildman–Crippen LogP) is 3.27. The fourth-order valence-electron chi connectivity index (χ4n) is 3.07. The molecule has 0 aliphatic rings. The number of para-hydroxylation sites is 1. The van der Waals surface area contributed by atoms with Crippen LogP contribution in [-0.2, 0) is 6.54 Å². The van der Waals surface area contributed by atoms with Gasteiger partial charge in [0.15, 0.2) is 0 Å². The van der Waals surface area contributed by atoms with Gasteiger partial charge >= 0.3 is 0 Å². The summed E-state index contributed by atoms with van der Waals surface area (Å²) in [6, 6.07) is 13.0. The molecule has 2 aromatic heterocycles. The normalized spacial score (nSPS) is 11.3. The number of nitrogens with one attached hydrogen (secondary N) is 1. The third-order valence-electron chi connectivity index (χ3n) is 4.20. The quantitative estimate of drug-likeness (QED) is 0.597. The molecule has 0 unspecified atom stereocenters. The second-order valence-electron chi connectivity index (χ2n) is 5.46. The molecular weight excluding hydrogens is 290 g/mol. The van der Waals surface area contributed by atoms with E-state index in [0.717, 1.165) is 27.5 Å². The predicted molar refractivity (Wildman–Crippen MR) is 90.6 cm³/mol. The van der Waals surface area contributed by atoms with Gasteiger partial charge in [0.05, 0.1) is 22.6 Å². The van der Waals surface area contributed by atoms with Crippen molar-refractivity contribution in [2.45, 2.75) is 13.5 Å². The summed E-state index contributed by atoms with van der Waals surface area (Å²) in [7, 11) is 0. The van der Waals surface area contributed by atoms with Crippen molar-refractivity contribution >= 4 is 21.8 Å². The fraction of sp³-hybridized carbons (Fsp3) is 0.111. The van der Waals surface area contributed by atoms with E-state index in [9.17, 15) is 9.90 Å². The zero-order valence-corrected chi connectivity index (χ0v) is 12.6. The first-order valence-electron chi connectivity index (χ1n) is 7.48. The van der Waals surface area contributed by atoms with Crippen molar-refractivity contribution in [1.29, 1.82) is 0 Å². The molecule has 2 N–H and O–H groups in total. The first kappa shape index (κ1) is 13.6. The van der Waals surface area contributed by atoms with E-state index in [1.54, 1.807) is 22.9 Å². The number of benzene rings is 2. The number of aromatic nitrogens is 3. The Balaban J connectivity index is 2.11. The van der Waals surface area contributed by atoms with E-state index in [-0.39, 0.29) is 11.3 Å². The van der Waals surface area contributed by atoms with Crippen LogP contribution >= 0.6 is 0 Å². The highest BCUT2D eigenvalue weighted by Gasteiger charge is 2.13. The summed E-state index contributed by atoms with van der Waals surface area (Å²) < 4.78 is 1.73. The summed E-state index contributed by atoms with van der Waals surface area (Å²) >= 11 is 0. The number of phenols is 1. The summed E-state index contributed by atoms with van der Waals surface area (Å²) in [6.45, 7) is 2.51. The molecule has 0 aliphatic heterocycles. The summed E-state index contributed by atoms with van der Waals surface area (Å²) in [4.78, 5) is 12.6. The summed E-state index contributed by atoms with van der Waals surface area (Å²) in [5, 5.41) is 18.5. The second kappa shape index (κ2) is 4.98. The Morgan fingerprint density at radius 3 is 2.78 bits per heavy atom. The van der Waals surface area contributed by atoms with Crippen molar-refractivity contribution in [2.75, 3.05) is 0 Å². The molecule has 23 heavy (non-hydrogen) atoms. The molecule has 2 heterocycles. The highest BCUT2D eigenvalue weighted by Crippen LogP contribution is 2.32. The number of aryl methyl sites for hydroxylation is 1. The number of H-pyrrole nitrogens is 1. The molecule has 5 heteroatoms. The lowest BCUT2D eigenvalue weighted by Crippen LogP contribution is -2.19. The van der Waals surface area contributed by atoms with Gasteiger partial charge in [0.1, 0.15) is 5.75 Å². The molecule has 0 bridgehead atoms. The number of nitrogens with zero attached hydrogens (tertiary/aromatic N) is 2. The first-order valence-corrected chi connectivity index (χ1v) is 7.48. The van der Waals surface area contributed by atoms with Crippen LogP contribution in [0.1, 0.15) is 6.92 Å². The highest BCUT2D eigenvalue weighted by atomic mass is 16.3. The molecule has 0 radical (unpaired) electrons. The van der Waals surface area contributed by atoms with E-state index < -0.39 is 0 Å². The Morgan fingerprint density at radius 1 is 1.17 bits per heavy atom. The zero-order chi connectivity index (χ0) is 16.0. The molecule has 4 aromatic rings. The van der Waals surface area contributed by atoms with E-state index in [1.807, 2.05) is 37.3 Å². The lowest BCUT2D eigenvalue weighted by molar-refractivity contribution is 0.477.